The first-order chi connectivity index (χ1) is 25.8. The predicted molar refractivity (Wildman–Crippen MR) is 220 cm³/mol. The number of hydrogen-bond donors (Lipinski definition) is 0. The Morgan fingerprint density at radius 3 is 2.23 bits per heavy atom. The minimum absolute atomic E-state index is 0.243. The number of allylic oxidation sites excluding steroid dienone is 5. The van der Waals surface area contributed by atoms with Gasteiger partial charge in [-0.25, -0.2) is 0 Å². The molecule has 0 N–H and O–H groups in total. The Morgan fingerprint density at radius 2 is 1.37 bits per heavy atom. The minimum Gasteiger partial charge on any atom is -0.337 e. The second-order valence-electron chi connectivity index (χ2n) is 14.7. The summed E-state index contributed by atoms with van der Waals surface area (Å²) in [6.45, 7) is 0. The van der Waals surface area contributed by atoms with Gasteiger partial charge in [-0.05, 0) is 112 Å². The molecule has 0 radical (unpaired) electrons. The third-order valence-electron chi connectivity index (χ3n) is 12.0. The van der Waals surface area contributed by atoms with Crippen molar-refractivity contribution in [1.82, 2.24) is 4.57 Å². The van der Waals surface area contributed by atoms with Crippen molar-refractivity contribution in [2.75, 3.05) is 4.90 Å². The summed E-state index contributed by atoms with van der Waals surface area (Å²) in [4.78, 5) is 2.69. The summed E-state index contributed by atoms with van der Waals surface area (Å²) >= 11 is 0. The summed E-state index contributed by atoms with van der Waals surface area (Å²) in [5, 5.41) is 8.05. The van der Waals surface area contributed by atoms with Gasteiger partial charge in [0.15, 0.2) is 0 Å². The molecule has 1 heterocycles. The topological polar surface area (TPSA) is 8.17 Å². The van der Waals surface area contributed by atoms with Crippen molar-refractivity contribution in [3.05, 3.63) is 193 Å². The summed E-state index contributed by atoms with van der Waals surface area (Å²) in [6.07, 6.45) is 14.7. The molecule has 2 nitrogen and oxygen atoms in total. The quantitative estimate of drug-likeness (QED) is 0.166. The normalized spacial score (nSPS) is 19.1. The molecule has 11 rings (SSSR count). The van der Waals surface area contributed by atoms with Gasteiger partial charge in [0, 0.05) is 45.7 Å². The summed E-state index contributed by atoms with van der Waals surface area (Å²) < 4.78 is 2.45. The molecule has 0 saturated heterocycles. The van der Waals surface area contributed by atoms with Crippen molar-refractivity contribution in [2.24, 2.45) is 0 Å². The number of aromatic nitrogens is 1. The first kappa shape index (κ1) is 29.6. The van der Waals surface area contributed by atoms with Gasteiger partial charge in [-0.1, -0.05) is 127 Å². The molecule has 248 valence electrons. The van der Waals surface area contributed by atoms with E-state index in [-0.39, 0.29) is 12.0 Å². The second-order valence-corrected chi connectivity index (χ2v) is 14.7. The van der Waals surface area contributed by atoms with E-state index < -0.39 is 0 Å². The van der Waals surface area contributed by atoms with Crippen LogP contribution >= 0.6 is 0 Å². The molecule has 8 aromatic rings. The molecule has 3 atom stereocenters. The summed E-state index contributed by atoms with van der Waals surface area (Å²) in [5.41, 5.74) is 11.9. The van der Waals surface area contributed by atoms with Crippen LogP contribution in [0.3, 0.4) is 0 Å². The molecule has 1 aromatic heterocycles. The van der Waals surface area contributed by atoms with Gasteiger partial charge < -0.3 is 9.47 Å². The van der Waals surface area contributed by atoms with E-state index in [1.807, 2.05) is 0 Å². The minimum atomic E-state index is 0.243. The molecule has 0 saturated carbocycles. The van der Waals surface area contributed by atoms with Crippen LogP contribution < -0.4 is 4.90 Å². The van der Waals surface area contributed by atoms with Crippen LogP contribution in [0.1, 0.15) is 47.8 Å². The summed E-state index contributed by atoms with van der Waals surface area (Å²) in [5.74, 6) is 0.685. The first-order valence-electron chi connectivity index (χ1n) is 18.8. The number of benzene rings is 7. The van der Waals surface area contributed by atoms with E-state index in [1.54, 1.807) is 0 Å². The molecule has 0 aliphatic heterocycles. The Morgan fingerprint density at radius 1 is 0.596 bits per heavy atom. The molecule has 0 bridgehead atoms. The number of nitrogens with zero attached hydrogens (tertiary/aromatic N) is 2. The Balaban J connectivity index is 1.13. The van der Waals surface area contributed by atoms with E-state index in [0.29, 0.717) is 5.92 Å². The molecule has 3 unspecified atom stereocenters. The predicted octanol–water partition coefficient (Wildman–Crippen LogP) is 13.2. The van der Waals surface area contributed by atoms with Gasteiger partial charge in [-0.15, -0.1) is 0 Å². The fraction of sp³-hybridized carbons (Fsp3) is 0.120. The van der Waals surface area contributed by atoms with Crippen molar-refractivity contribution in [1.29, 1.82) is 0 Å². The molecule has 52 heavy (non-hydrogen) atoms. The molecular weight excluding hydrogens is 629 g/mol. The monoisotopic (exact) mass is 666 g/mol. The number of hydrogen-bond acceptors (Lipinski definition) is 1. The lowest BCUT2D eigenvalue weighted by Gasteiger charge is -2.41. The zero-order chi connectivity index (χ0) is 34.2. The van der Waals surface area contributed by atoms with Crippen molar-refractivity contribution in [3.63, 3.8) is 0 Å². The van der Waals surface area contributed by atoms with Gasteiger partial charge in [0.1, 0.15) is 0 Å². The number of fused-ring (bicyclic) bond motifs is 8. The smallest absolute Gasteiger partial charge is 0.0561 e. The van der Waals surface area contributed by atoms with Crippen LogP contribution in [0.4, 0.5) is 11.4 Å². The van der Waals surface area contributed by atoms with Crippen molar-refractivity contribution in [2.45, 2.75) is 37.1 Å². The lowest BCUT2D eigenvalue weighted by Crippen LogP contribution is -2.37. The third-order valence-corrected chi connectivity index (χ3v) is 12.0. The molecule has 0 amide bonds. The molecular formula is C50H38N2. The maximum Gasteiger partial charge on any atom is 0.0561 e. The van der Waals surface area contributed by atoms with Crippen LogP contribution in [-0.4, -0.2) is 10.6 Å². The molecule has 3 aliphatic carbocycles. The highest BCUT2D eigenvalue weighted by Gasteiger charge is 2.41. The lowest BCUT2D eigenvalue weighted by atomic mass is 9.79. The summed E-state index contributed by atoms with van der Waals surface area (Å²) in [6, 6.07) is 55.0. The maximum atomic E-state index is 2.69. The zero-order valence-electron chi connectivity index (χ0n) is 29.0. The largest absolute Gasteiger partial charge is 0.337 e. The molecule has 7 aromatic carbocycles. The van der Waals surface area contributed by atoms with E-state index in [1.165, 1.54) is 82.7 Å². The van der Waals surface area contributed by atoms with Crippen LogP contribution in [0, 0.1) is 0 Å². The number of rotatable bonds is 5. The van der Waals surface area contributed by atoms with Gasteiger partial charge in [0.05, 0.1) is 11.0 Å². The average molecular weight is 667 g/mol. The second kappa shape index (κ2) is 11.7. The Labute approximate surface area is 304 Å². The summed E-state index contributed by atoms with van der Waals surface area (Å²) in [7, 11) is 0. The Kier molecular flexibility index (Phi) is 6.67. The first-order valence-corrected chi connectivity index (χ1v) is 18.8. The lowest BCUT2D eigenvalue weighted by molar-refractivity contribution is 0.551. The third kappa shape index (κ3) is 4.43. The van der Waals surface area contributed by atoms with E-state index in [9.17, 15) is 0 Å². The molecule has 3 aliphatic rings. The van der Waals surface area contributed by atoms with E-state index >= 15 is 0 Å². The standard InChI is InChI=1S/C50H38N2/c1-3-13-33(14-4-1)34-25-27-38(28-26-34)51(39-29-30-42-41-20-9-10-23-45(41)52(47(42)32-39)37-17-5-2-6-18-37)46-24-12-22-44-49(46)43-21-11-16-36-31-35-15-7-8-19-40(35)50(44)48(36)43/h1-11,13,15-23,25-33,46,49H,12,14,24H2. The number of para-hydroxylation sites is 2. The van der Waals surface area contributed by atoms with Gasteiger partial charge in [0.25, 0.3) is 0 Å². The van der Waals surface area contributed by atoms with Gasteiger partial charge in [-0.3, -0.25) is 0 Å². The Bertz CT molecular complexity index is 2780. The van der Waals surface area contributed by atoms with Crippen molar-refractivity contribution in [3.8, 4) is 5.69 Å². The van der Waals surface area contributed by atoms with E-state index in [0.717, 1.165) is 19.3 Å². The van der Waals surface area contributed by atoms with E-state index in [4.69, 9.17) is 0 Å². The molecule has 2 heteroatoms. The van der Waals surface area contributed by atoms with Crippen molar-refractivity contribution < 1.29 is 0 Å². The highest BCUT2D eigenvalue weighted by Crippen LogP contribution is 2.55. The fourth-order valence-electron chi connectivity index (χ4n) is 9.74. The fourth-order valence-corrected chi connectivity index (χ4v) is 9.74. The van der Waals surface area contributed by atoms with Crippen LogP contribution in [0.2, 0.25) is 0 Å². The van der Waals surface area contributed by atoms with Crippen LogP contribution in [0.25, 0.3) is 54.6 Å². The van der Waals surface area contributed by atoms with Gasteiger partial charge >= 0.3 is 0 Å². The van der Waals surface area contributed by atoms with Gasteiger partial charge in [-0.2, -0.15) is 0 Å². The zero-order valence-corrected chi connectivity index (χ0v) is 29.0. The van der Waals surface area contributed by atoms with Crippen LogP contribution in [0.15, 0.2) is 176 Å². The van der Waals surface area contributed by atoms with Crippen LogP contribution in [0.5, 0.6) is 0 Å². The highest BCUT2D eigenvalue weighted by atomic mass is 15.2. The highest BCUT2D eigenvalue weighted by molar-refractivity contribution is 6.15. The van der Waals surface area contributed by atoms with E-state index in [2.05, 4.69) is 185 Å². The number of anilines is 2. The maximum absolute atomic E-state index is 2.69. The average Bonchev–Trinajstić information content (AvgIpc) is 3.73. The molecule has 0 fully saturated rings. The van der Waals surface area contributed by atoms with Crippen LogP contribution in [-0.2, 0) is 0 Å². The SMILES string of the molecule is C1=CCC(c2ccc(N(c3ccc4c5ccccc5n(-c5ccccc5)c4c3)C3CCC=C4c5c6ccccc6cc6cccc(c56)C43)cc2)C=C1. The van der Waals surface area contributed by atoms with Gasteiger partial charge in [0.2, 0.25) is 0 Å². The Hall–Kier alpha value is -6.12. The molecule has 0 spiro atoms. The van der Waals surface area contributed by atoms with Crippen molar-refractivity contribution >= 4 is 60.3 Å².